The number of benzene rings is 8. The lowest BCUT2D eigenvalue weighted by molar-refractivity contribution is -0.142. The molecular formula is C102H131F11O15Si. The molecule has 3 atom stereocenters. The van der Waals surface area contributed by atoms with E-state index >= 15 is 0 Å². The average molecular weight is 1830 g/mol. The van der Waals surface area contributed by atoms with Gasteiger partial charge in [-0.1, -0.05) is 159 Å². The third-order valence-electron chi connectivity index (χ3n) is 23.3. The van der Waals surface area contributed by atoms with Crippen LogP contribution in [0.4, 0.5) is 48.3 Å². The molecule has 0 amide bonds. The fraction of sp³-hybridized carbons (Fsp3) is 0.461. The van der Waals surface area contributed by atoms with Gasteiger partial charge in [-0.05, 0) is 200 Å². The molecule has 4 N–H and O–H groups in total. The lowest BCUT2D eigenvalue weighted by Crippen LogP contribution is -2.42. The number of carbonyl (C=O) groups is 3. The summed E-state index contributed by atoms with van der Waals surface area (Å²) >= 11 is 0. The van der Waals surface area contributed by atoms with Crippen molar-refractivity contribution in [2.24, 2.45) is 0 Å². The number of fused-ring (bicyclic) bond motifs is 1. The Morgan fingerprint density at radius 1 is 0.465 bits per heavy atom. The van der Waals surface area contributed by atoms with Crippen molar-refractivity contribution in [3.8, 4) is 40.2 Å². The summed E-state index contributed by atoms with van der Waals surface area (Å²) in [6, 6.07) is 39.8. The molecule has 2 fully saturated rings. The Morgan fingerprint density at radius 3 is 1.06 bits per heavy atom. The summed E-state index contributed by atoms with van der Waals surface area (Å²) in [5.41, 5.74) is -1.57. The molecule has 129 heavy (non-hydrogen) atoms. The van der Waals surface area contributed by atoms with E-state index in [-0.39, 0.29) is 95.4 Å². The fourth-order valence-corrected chi connectivity index (χ4v) is 15.8. The van der Waals surface area contributed by atoms with Crippen LogP contribution < -0.4 is 38.3 Å². The summed E-state index contributed by atoms with van der Waals surface area (Å²) in [6.07, 6.45) is 1.12. The molecule has 0 bridgehead atoms. The van der Waals surface area contributed by atoms with Crippen molar-refractivity contribution in [2.75, 3.05) is 56.4 Å². The highest BCUT2D eigenvalue weighted by atomic mass is 28.3. The molecule has 0 saturated heterocycles. The van der Waals surface area contributed by atoms with E-state index in [2.05, 4.69) is 17.9 Å². The number of ether oxygens (including phenoxy) is 8. The van der Waals surface area contributed by atoms with Crippen LogP contribution in [0.2, 0.25) is 13.1 Å². The van der Waals surface area contributed by atoms with Crippen molar-refractivity contribution in [2.45, 2.75) is 248 Å². The lowest BCUT2D eigenvalue weighted by atomic mass is 9.78. The molecule has 2 aliphatic carbocycles. The summed E-state index contributed by atoms with van der Waals surface area (Å²) in [5.74, 6) is 0.213. The number of alkyl halides is 2. The van der Waals surface area contributed by atoms with Crippen LogP contribution in [0, 0.1) is 40.7 Å². The van der Waals surface area contributed by atoms with E-state index in [4.69, 9.17) is 38.3 Å². The quantitative estimate of drug-likeness (QED) is 0.0113. The van der Waals surface area contributed by atoms with Gasteiger partial charge in [-0.15, -0.1) is 0 Å². The molecule has 15 nitrogen and oxygen atoms in total. The van der Waals surface area contributed by atoms with Crippen LogP contribution in [0.1, 0.15) is 207 Å². The highest BCUT2D eigenvalue weighted by molar-refractivity contribution is 6.95. The number of hydrogen-bond acceptors (Lipinski definition) is 15. The standard InChI is InChI=1S/2C15H20F2O2.C14H18F2O2.C13H17FO3.C12H17FO2.C12H15FO2.C11H11FO2.C10H13FSi/c2*1-14(2,9-13(18)15(17)6-7-15)11-8-10(16)4-5-12(11)19-3;1-9(15)12(17)8-14(2,3)11-7-10(16)5-6-13(11)18-4;1-13(2,8-12(15)17-4)10-7-9(14)5-6-11(10)16-3;2*1-12(2,6-7-14)10-8-9(13)4-5-11(10)15-3;1-11(2)6-10(13)14-9-4-3-7(12)5-8(9)11;1-9(11)12(2,3)10-7-5-4-6-8-10/h2*4-5,8,13,18H,6-7,9H2,1-3H3;5-7,12,17H,1,8H2,2-4H3;5-7H,8H2,1-4H3;4-5,8,14H,6-7H2,1-3H3;4-5,7-8H,6H2,1-3H3;3-5H,6H2,1-2H3;4-8H,1H2,2-3H3. The van der Waals surface area contributed by atoms with Crippen molar-refractivity contribution in [1.29, 1.82) is 0 Å². The molecule has 27 heteroatoms. The summed E-state index contributed by atoms with van der Waals surface area (Å²) in [7, 11) is 8.44. The molecule has 2 saturated carbocycles. The maximum Gasteiger partial charge on any atom is 0.312 e. The number of carbonyl (C=O) groups excluding carboxylic acids is 3. The number of hydrogen-bond donors (Lipinski definition) is 4. The number of halogens is 11. The van der Waals surface area contributed by atoms with Gasteiger partial charge in [0, 0.05) is 68.2 Å². The van der Waals surface area contributed by atoms with Crippen molar-refractivity contribution >= 4 is 31.5 Å². The van der Waals surface area contributed by atoms with E-state index in [9.17, 15) is 78.0 Å². The zero-order valence-corrected chi connectivity index (χ0v) is 79.7. The molecule has 0 radical (unpaired) electrons. The Balaban J connectivity index is 0.000000310. The monoisotopic (exact) mass is 1830 g/mol. The molecule has 710 valence electrons. The molecule has 3 unspecified atom stereocenters. The molecule has 1 heterocycles. The van der Waals surface area contributed by atoms with E-state index in [0.29, 0.717) is 107 Å². The second kappa shape index (κ2) is 47.7. The third-order valence-corrected chi connectivity index (χ3v) is 26.4. The van der Waals surface area contributed by atoms with Gasteiger partial charge in [-0.3, -0.25) is 9.59 Å². The largest absolute Gasteiger partial charge is 0.496 e. The molecule has 11 rings (SSSR count). The van der Waals surface area contributed by atoms with Crippen LogP contribution in [0.3, 0.4) is 0 Å². The zero-order chi connectivity index (χ0) is 98.0. The number of aliphatic hydroxyl groups excluding tert-OH is 4. The van der Waals surface area contributed by atoms with Gasteiger partial charge in [0.1, 0.15) is 119 Å². The van der Waals surface area contributed by atoms with Gasteiger partial charge in [0.25, 0.3) is 0 Å². The Kier molecular flexibility index (Phi) is 41.1. The predicted molar refractivity (Wildman–Crippen MR) is 487 cm³/mol. The number of aliphatic hydroxyl groups is 4. The predicted octanol–water partition coefficient (Wildman–Crippen LogP) is 23.0. The third kappa shape index (κ3) is 32.8. The Hall–Kier alpha value is -10.1. The van der Waals surface area contributed by atoms with Crippen molar-refractivity contribution in [3.05, 3.63) is 262 Å². The first kappa shape index (κ1) is 111. The summed E-state index contributed by atoms with van der Waals surface area (Å²) in [4.78, 5) is 33.1. The van der Waals surface area contributed by atoms with Gasteiger partial charge >= 0.3 is 11.9 Å². The molecule has 1 aliphatic heterocycles. The van der Waals surface area contributed by atoms with Gasteiger partial charge < -0.3 is 63.1 Å². The number of aldehydes is 1. The smallest absolute Gasteiger partial charge is 0.312 e. The van der Waals surface area contributed by atoms with E-state index < -0.39 is 76.4 Å². The van der Waals surface area contributed by atoms with Crippen molar-refractivity contribution in [1.82, 2.24) is 0 Å². The fourth-order valence-electron chi connectivity index (χ4n) is 14.4. The van der Waals surface area contributed by atoms with Crippen LogP contribution in [-0.4, -0.2) is 133 Å². The molecule has 0 spiro atoms. The van der Waals surface area contributed by atoms with Crippen LogP contribution in [0.5, 0.6) is 40.2 Å². The topological polar surface area (TPSA) is 206 Å². The van der Waals surface area contributed by atoms with Gasteiger partial charge in [-0.25, -0.2) is 48.3 Å². The zero-order valence-electron chi connectivity index (χ0n) is 78.7. The first-order chi connectivity index (χ1) is 59.8. The molecule has 8 aromatic rings. The minimum atomic E-state index is -2.02. The molecular weight excluding hydrogens is 1700 g/mol. The first-order valence-electron chi connectivity index (χ1n) is 42.1. The van der Waals surface area contributed by atoms with Gasteiger partial charge in [0.05, 0.1) is 80.3 Å². The summed E-state index contributed by atoms with van der Waals surface area (Å²) in [5, 5.41) is 39.5. The van der Waals surface area contributed by atoms with E-state index in [1.807, 2.05) is 127 Å². The highest BCUT2D eigenvalue weighted by Gasteiger charge is 2.53. The molecule has 0 aromatic heterocycles. The Morgan fingerprint density at radius 2 is 0.767 bits per heavy atom. The van der Waals surface area contributed by atoms with Crippen LogP contribution in [-0.2, 0) is 57.0 Å². The number of rotatable bonds is 29. The minimum Gasteiger partial charge on any atom is -0.496 e. The Bertz CT molecular complexity index is 4920. The van der Waals surface area contributed by atoms with Crippen molar-refractivity contribution in [3.63, 3.8) is 0 Å². The number of methoxy groups -OCH3 is 7. The number of esters is 2. The maximum absolute atomic E-state index is 13.8. The second-order valence-corrected chi connectivity index (χ2v) is 41.6. The van der Waals surface area contributed by atoms with Crippen LogP contribution >= 0.6 is 0 Å². The SMILES string of the molecule is C=C(F)C(O)CC(C)(C)c1cc(F)ccc1OC.C=C(F)[Si](C)(C)c1ccccc1.CC1(C)CC(=O)Oc2ccc(F)cc21.COC(=O)CC(C)(C)c1cc(F)ccc1OC.COc1ccc(F)cc1C(C)(C)CC(O)C1(F)CC1.COc1ccc(F)cc1C(C)(C)CC(O)C1(F)CC1.COc1ccc(F)cc1C(C)(C)CC=O.COc1ccc(F)cc1C(C)(C)CCO. The van der Waals surface area contributed by atoms with E-state index in [1.165, 1.54) is 140 Å². The average Bonchev–Trinajstić information content (AvgIpc) is 1.21. The minimum absolute atomic E-state index is 0.0761. The Labute approximate surface area is 755 Å². The molecule has 3 aliphatic rings. The summed E-state index contributed by atoms with van der Waals surface area (Å²) in [6.45, 7) is 36.7. The van der Waals surface area contributed by atoms with Gasteiger partial charge in [0.15, 0.2) is 0 Å². The van der Waals surface area contributed by atoms with Gasteiger partial charge in [-0.2, -0.15) is 0 Å². The van der Waals surface area contributed by atoms with E-state index in [1.54, 1.807) is 51.3 Å². The normalized spacial score (nSPS) is 14.6. The van der Waals surface area contributed by atoms with Crippen molar-refractivity contribution < 1.29 is 121 Å². The molecule has 8 aromatic carbocycles. The maximum atomic E-state index is 13.8. The lowest BCUT2D eigenvalue weighted by Gasteiger charge is -2.30. The van der Waals surface area contributed by atoms with Gasteiger partial charge in [0.2, 0.25) is 0 Å². The van der Waals surface area contributed by atoms with Crippen LogP contribution in [0.25, 0.3) is 0 Å². The summed E-state index contributed by atoms with van der Waals surface area (Å²) < 4.78 is 187. The van der Waals surface area contributed by atoms with E-state index in [0.717, 1.165) is 28.2 Å². The highest BCUT2D eigenvalue weighted by Crippen LogP contribution is 2.50. The van der Waals surface area contributed by atoms with Crippen LogP contribution in [0.15, 0.2) is 182 Å². The first-order valence-corrected chi connectivity index (χ1v) is 45.1. The second-order valence-electron chi connectivity index (χ2n) is 37.2.